The number of phenols is 1. The fourth-order valence-electron chi connectivity index (χ4n) is 0.824. The molecule has 1 amide bonds. The summed E-state index contributed by atoms with van der Waals surface area (Å²) in [6.45, 7) is 0. The standard InChI is InChI=1S/C10H8ClNO2/c11-8-5-4-7(6-9(8)13)2-1-3-10(12)14/h4-6,13H,3H2,(H2,12,14). The first kappa shape index (κ1) is 10.4. The van der Waals surface area contributed by atoms with Gasteiger partial charge in [0.1, 0.15) is 5.75 Å². The van der Waals surface area contributed by atoms with Crippen molar-refractivity contribution in [3.63, 3.8) is 0 Å². The number of carbonyl (C=O) groups is 1. The average molecular weight is 210 g/mol. The van der Waals surface area contributed by atoms with Crippen molar-refractivity contribution < 1.29 is 9.90 Å². The number of hydrogen-bond acceptors (Lipinski definition) is 2. The topological polar surface area (TPSA) is 63.3 Å². The van der Waals surface area contributed by atoms with Crippen LogP contribution in [0.1, 0.15) is 12.0 Å². The van der Waals surface area contributed by atoms with Gasteiger partial charge in [-0.1, -0.05) is 23.4 Å². The zero-order valence-electron chi connectivity index (χ0n) is 7.25. The third-order valence-electron chi connectivity index (χ3n) is 1.44. The van der Waals surface area contributed by atoms with Crippen molar-refractivity contribution in [1.29, 1.82) is 0 Å². The number of aromatic hydroxyl groups is 1. The smallest absolute Gasteiger partial charge is 0.229 e. The zero-order chi connectivity index (χ0) is 10.6. The van der Waals surface area contributed by atoms with Gasteiger partial charge in [-0.25, -0.2) is 0 Å². The molecule has 0 atom stereocenters. The van der Waals surface area contributed by atoms with Crippen molar-refractivity contribution in [2.24, 2.45) is 5.73 Å². The third kappa shape index (κ3) is 3.00. The molecule has 4 heteroatoms. The van der Waals surface area contributed by atoms with Crippen LogP contribution < -0.4 is 5.73 Å². The summed E-state index contributed by atoms with van der Waals surface area (Å²) >= 11 is 5.59. The van der Waals surface area contributed by atoms with Gasteiger partial charge in [-0.05, 0) is 18.2 Å². The molecule has 0 bridgehead atoms. The van der Waals surface area contributed by atoms with Crippen molar-refractivity contribution in [2.45, 2.75) is 6.42 Å². The molecule has 3 nitrogen and oxygen atoms in total. The molecule has 1 rings (SSSR count). The van der Waals surface area contributed by atoms with E-state index >= 15 is 0 Å². The Labute approximate surface area is 86.5 Å². The summed E-state index contributed by atoms with van der Waals surface area (Å²) in [6, 6.07) is 4.61. The van der Waals surface area contributed by atoms with Crippen LogP contribution in [0, 0.1) is 11.8 Å². The van der Waals surface area contributed by atoms with E-state index in [4.69, 9.17) is 17.3 Å². The van der Waals surface area contributed by atoms with Crippen LogP contribution in [-0.4, -0.2) is 11.0 Å². The Morgan fingerprint density at radius 3 is 2.86 bits per heavy atom. The number of carbonyl (C=O) groups excluding carboxylic acids is 1. The number of halogens is 1. The van der Waals surface area contributed by atoms with Crippen LogP contribution in [0.2, 0.25) is 5.02 Å². The fraction of sp³-hybridized carbons (Fsp3) is 0.100. The highest BCUT2D eigenvalue weighted by molar-refractivity contribution is 6.32. The highest BCUT2D eigenvalue weighted by atomic mass is 35.5. The summed E-state index contributed by atoms with van der Waals surface area (Å²) < 4.78 is 0. The summed E-state index contributed by atoms with van der Waals surface area (Å²) in [4.78, 5) is 10.4. The molecule has 0 aliphatic heterocycles. The zero-order valence-corrected chi connectivity index (χ0v) is 8.01. The second kappa shape index (κ2) is 4.54. The summed E-state index contributed by atoms with van der Waals surface area (Å²) in [5.41, 5.74) is 5.49. The summed E-state index contributed by atoms with van der Waals surface area (Å²) in [5.74, 6) is 4.74. The fourth-order valence-corrected chi connectivity index (χ4v) is 0.941. The molecule has 1 aromatic carbocycles. The van der Waals surface area contributed by atoms with Crippen molar-refractivity contribution >= 4 is 17.5 Å². The van der Waals surface area contributed by atoms with E-state index in [9.17, 15) is 9.90 Å². The molecule has 0 saturated heterocycles. The number of rotatable bonds is 1. The second-order valence-corrected chi connectivity index (χ2v) is 3.02. The van der Waals surface area contributed by atoms with Gasteiger partial charge >= 0.3 is 0 Å². The average Bonchev–Trinajstić information content (AvgIpc) is 2.10. The van der Waals surface area contributed by atoms with E-state index in [1.54, 1.807) is 6.07 Å². The third-order valence-corrected chi connectivity index (χ3v) is 1.76. The van der Waals surface area contributed by atoms with Crippen LogP contribution in [0.5, 0.6) is 5.75 Å². The number of hydrogen-bond donors (Lipinski definition) is 2. The second-order valence-electron chi connectivity index (χ2n) is 2.61. The Bertz CT molecular complexity index is 418. The lowest BCUT2D eigenvalue weighted by Gasteiger charge is -1.95. The van der Waals surface area contributed by atoms with Crippen molar-refractivity contribution in [3.8, 4) is 17.6 Å². The van der Waals surface area contributed by atoms with Crippen molar-refractivity contribution in [3.05, 3.63) is 28.8 Å². The van der Waals surface area contributed by atoms with E-state index in [2.05, 4.69) is 11.8 Å². The van der Waals surface area contributed by atoms with Crippen LogP contribution in [0.25, 0.3) is 0 Å². The van der Waals surface area contributed by atoms with Crippen LogP contribution in [0.3, 0.4) is 0 Å². The number of phenolic OH excluding ortho intramolecular Hbond substituents is 1. The number of primary amides is 1. The maximum Gasteiger partial charge on any atom is 0.229 e. The summed E-state index contributed by atoms with van der Waals surface area (Å²) in [5, 5.41) is 9.49. The molecular formula is C10H8ClNO2. The Hall–Kier alpha value is -1.66. The van der Waals surface area contributed by atoms with Gasteiger partial charge in [-0.15, -0.1) is 0 Å². The lowest BCUT2D eigenvalue weighted by Crippen LogP contribution is -2.08. The Morgan fingerprint density at radius 2 is 2.29 bits per heavy atom. The van der Waals surface area contributed by atoms with E-state index in [0.29, 0.717) is 5.56 Å². The number of benzene rings is 1. The molecule has 72 valence electrons. The van der Waals surface area contributed by atoms with Gasteiger partial charge in [0, 0.05) is 5.56 Å². The maximum atomic E-state index is 10.4. The Morgan fingerprint density at radius 1 is 1.57 bits per heavy atom. The molecule has 0 aliphatic carbocycles. The minimum Gasteiger partial charge on any atom is -0.506 e. The van der Waals surface area contributed by atoms with E-state index in [1.165, 1.54) is 12.1 Å². The van der Waals surface area contributed by atoms with Gasteiger partial charge in [0.15, 0.2) is 0 Å². The predicted octanol–water partition coefficient (Wildman–Crippen LogP) is 1.27. The molecule has 3 N–H and O–H groups in total. The lowest BCUT2D eigenvalue weighted by atomic mass is 10.2. The normalized spacial score (nSPS) is 8.93. The van der Waals surface area contributed by atoms with E-state index in [0.717, 1.165) is 0 Å². The molecule has 0 heterocycles. The van der Waals surface area contributed by atoms with Gasteiger partial charge in [0.2, 0.25) is 5.91 Å². The van der Waals surface area contributed by atoms with Crippen LogP contribution in [0.15, 0.2) is 18.2 Å². The first-order valence-corrected chi connectivity index (χ1v) is 4.23. The molecule has 0 aromatic heterocycles. The number of nitrogens with two attached hydrogens (primary N) is 1. The monoisotopic (exact) mass is 209 g/mol. The molecule has 0 radical (unpaired) electrons. The minimum atomic E-state index is -0.476. The molecule has 1 aromatic rings. The highest BCUT2D eigenvalue weighted by Crippen LogP contribution is 2.23. The molecule has 0 aliphatic rings. The van der Waals surface area contributed by atoms with Crippen LogP contribution in [0.4, 0.5) is 0 Å². The SMILES string of the molecule is NC(=O)CC#Cc1ccc(Cl)c(O)c1. The lowest BCUT2D eigenvalue weighted by molar-refractivity contribution is -0.117. The van der Waals surface area contributed by atoms with Gasteiger partial charge in [0.05, 0.1) is 11.4 Å². The van der Waals surface area contributed by atoms with Crippen molar-refractivity contribution in [1.82, 2.24) is 0 Å². The van der Waals surface area contributed by atoms with E-state index in [1.807, 2.05) is 0 Å². The first-order valence-electron chi connectivity index (χ1n) is 3.85. The molecule has 0 saturated carbocycles. The van der Waals surface area contributed by atoms with E-state index in [-0.39, 0.29) is 17.2 Å². The molecule has 0 unspecified atom stereocenters. The summed E-state index contributed by atoms with van der Waals surface area (Å²) in [7, 11) is 0. The molecule has 14 heavy (non-hydrogen) atoms. The Balaban J connectivity index is 2.81. The van der Waals surface area contributed by atoms with E-state index < -0.39 is 5.91 Å². The molecule has 0 fully saturated rings. The predicted molar refractivity (Wildman–Crippen MR) is 53.8 cm³/mol. The quantitative estimate of drug-likeness (QED) is 0.685. The molecule has 0 spiro atoms. The van der Waals surface area contributed by atoms with Crippen molar-refractivity contribution in [2.75, 3.05) is 0 Å². The van der Waals surface area contributed by atoms with Crippen LogP contribution >= 0.6 is 11.6 Å². The largest absolute Gasteiger partial charge is 0.506 e. The van der Waals surface area contributed by atoms with Gasteiger partial charge < -0.3 is 10.8 Å². The van der Waals surface area contributed by atoms with Gasteiger partial charge in [-0.2, -0.15) is 0 Å². The van der Waals surface area contributed by atoms with Crippen LogP contribution in [-0.2, 0) is 4.79 Å². The first-order chi connectivity index (χ1) is 6.59. The van der Waals surface area contributed by atoms with Gasteiger partial charge in [0.25, 0.3) is 0 Å². The minimum absolute atomic E-state index is 0.00336. The van der Waals surface area contributed by atoms with Gasteiger partial charge in [-0.3, -0.25) is 4.79 Å². The summed E-state index contributed by atoms with van der Waals surface area (Å²) in [6.07, 6.45) is 0.00336. The highest BCUT2D eigenvalue weighted by Gasteiger charge is 1.97. The molecular weight excluding hydrogens is 202 g/mol. The maximum absolute atomic E-state index is 10.4. The number of amides is 1. The Kier molecular flexibility index (Phi) is 3.38.